The van der Waals surface area contributed by atoms with E-state index in [1.165, 1.54) is 5.56 Å². The van der Waals surface area contributed by atoms with E-state index in [1.807, 2.05) is 18.2 Å². The molecule has 0 heterocycles. The predicted molar refractivity (Wildman–Crippen MR) is 53.7 cm³/mol. The van der Waals surface area contributed by atoms with Crippen molar-refractivity contribution < 1.29 is 5.11 Å². The first-order valence-electron chi connectivity index (χ1n) is 4.58. The van der Waals surface area contributed by atoms with Crippen LogP contribution in [-0.2, 0) is 0 Å². The zero-order chi connectivity index (χ0) is 9.47. The van der Waals surface area contributed by atoms with Crippen molar-refractivity contribution in [2.24, 2.45) is 5.41 Å². The molecule has 0 spiro atoms. The summed E-state index contributed by atoms with van der Waals surface area (Å²) < 4.78 is 0. The van der Waals surface area contributed by atoms with E-state index in [-0.39, 0.29) is 5.41 Å². The van der Waals surface area contributed by atoms with Crippen LogP contribution in [0, 0.1) is 5.41 Å². The van der Waals surface area contributed by atoms with Crippen LogP contribution < -0.4 is 0 Å². The largest absolute Gasteiger partial charge is 0.512 e. The number of aliphatic hydroxyl groups is 1. The SMILES string of the molecule is C=C(O)C1(C)CC1c1ccccc1. The molecule has 1 aliphatic carbocycles. The molecule has 2 rings (SSSR count). The molecule has 2 atom stereocenters. The standard InChI is InChI=1S/C12H14O/c1-9(13)12(2)8-11(12)10-6-4-3-5-7-10/h3-7,11,13H,1,8H2,2H3. The third kappa shape index (κ3) is 1.24. The first-order valence-corrected chi connectivity index (χ1v) is 4.58. The molecule has 1 fully saturated rings. The third-order valence-corrected chi connectivity index (χ3v) is 3.10. The maximum atomic E-state index is 9.39. The van der Waals surface area contributed by atoms with Crippen LogP contribution in [0.15, 0.2) is 42.7 Å². The summed E-state index contributed by atoms with van der Waals surface area (Å²) in [5, 5.41) is 9.39. The van der Waals surface area contributed by atoms with Gasteiger partial charge in [-0.2, -0.15) is 0 Å². The van der Waals surface area contributed by atoms with Gasteiger partial charge in [0.25, 0.3) is 0 Å². The lowest BCUT2D eigenvalue weighted by Crippen LogP contribution is -2.00. The minimum absolute atomic E-state index is 0.0681. The highest BCUT2D eigenvalue weighted by Crippen LogP contribution is 2.62. The Balaban J connectivity index is 2.21. The lowest BCUT2D eigenvalue weighted by molar-refractivity contribution is 0.327. The molecular weight excluding hydrogens is 160 g/mol. The van der Waals surface area contributed by atoms with Gasteiger partial charge in [0, 0.05) is 5.41 Å². The van der Waals surface area contributed by atoms with E-state index >= 15 is 0 Å². The van der Waals surface area contributed by atoms with Gasteiger partial charge in [-0.3, -0.25) is 0 Å². The van der Waals surface area contributed by atoms with Crippen LogP contribution in [0.25, 0.3) is 0 Å². The molecule has 1 heteroatoms. The van der Waals surface area contributed by atoms with E-state index in [9.17, 15) is 5.11 Å². The molecule has 0 radical (unpaired) electrons. The van der Waals surface area contributed by atoms with Gasteiger partial charge in [0.1, 0.15) is 0 Å². The Hall–Kier alpha value is -1.24. The zero-order valence-corrected chi connectivity index (χ0v) is 7.83. The van der Waals surface area contributed by atoms with Gasteiger partial charge in [-0.05, 0) is 17.9 Å². The lowest BCUT2D eigenvalue weighted by atomic mass is 10.00. The van der Waals surface area contributed by atoms with Gasteiger partial charge in [-0.15, -0.1) is 0 Å². The predicted octanol–water partition coefficient (Wildman–Crippen LogP) is 3.25. The first kappa shape index (κ1) is 8.36. The van der Waals surface area contributed by atoms with Gasteiger partial charge in [0.2, 0.25) is 0 Å². The minimum Gasteiger partial charge on any atom is -0.512 e. The molecule has 13 heavy (non-hydrogen) atoms. The molecule has 0 bridgehead atoms. The molecule has 2 unspecified atom stereocenters. The van der Waals surface area contributed by atoms with Crippen molar-refractivity contribution >= 4 is 0 Å². The lowest BCUT2D eigenvalue weighted by Gasteiger charge is -2.08. The summed E-state index contributed by atoms with van der Waals surface area (Å²) in [7, 11) is 0. The van der Waals surface area contributed by atoms with E-state index in [4.69, 9.17) is 0 Å². The highest BCUT2D eigenvalue weighted by Gasteiger charge is 2.53. The molecule has 1 N–H and O–H groups in total. The van der Waals surface area contributed by atoms with Gasteiger partial charge in [-0.25, -0.2) is 0 Å². The molecule has 1 aromatic rings. The summed E-state index contributed by atoms with van der Waals surface area (Å²) in [6, 6.07) is 10.3. The average Bonchev–Trinajstić information content (AvgIpc) is 2.81. The highest BCUT2D eigenvalue weighted by molar-refractivity contribution is 5.33. The van der Waals surface area contributed by atoms with Gasteiger partial charge < -0.3 is 5.11 Å². The van der Waals surface area contributed by atoms with Crippen molar-refractivity contribution in [2.75, 3.05) is 0 Å². The van der Waals surface area contributed by atoms with Crippen molar-refractivity contribution in [3.8, 4) is 0 Å². The number of allylic oxidation sites excluding steroid dienone is 1. The molecule has 0 amide bonds. The normalized spacial score (nSPS) is 31.3. The minimum atomic E-state index is -0.0681. The second-order valence-corrected chi connectivity index (χ2v) is 4.03. The van der Waals surface area contributed by atoms with E-state index in [1.54, 1.807) is 0 Å². The van der Waals surface area contributed by atoms with Crippen molar-refractivity contribution in [1.29, 1.82) is 0 Å². The van der Waals surface area contributed by atoms with Crippen molar-refractivity contribution in [3.05, 3.63) is 48.2 Å². The van der Waals surface area contributed by atoms with Gasteiger partial charge in [0.05, 0.1) is 5.76 Å². The summed E-state index contributed by atoms with van der Waals surface area (Å²) in [5.74, 6) is 0.785. The van der Waals surface area contributed by atoms with Crippen molar-refractivity contribution in [3.63, 3.8) is 0 Å². The number of aliphatic hydroxyl groups excluding tert-OH is 1. The Morgan fingerprint density at radius 2 is 2.08 bits per heavy atom. The molecule has 0 aromatic heterocycles. The maximum absolute atomic E-state index is 9.39. The van der Waals surface area contributed by atoms with Crippen LogP contribution >= 0.6 is 0 Å². The summed E-state index contributed by atoms with van der Waals surface area (Å²) in [6.07, 6.45) is 1.02. The van der Waals surface area contributed by atoms with E-state index < -0.39 is 0 Å². The fraction of sp³-hybridized carbons (Fsp3) is 0.333. The number of benzene rings is 1. The fourth-order valence-electron chi connectivity index (χ4n) is 1.86. The van der Waals surface area contributed by atoms with Crippen LogP contribution in [0.3, 0.4) is 0 Å². The van der Waals surface area contributed by atoms with Crippen molar-refractivity contribution in [1.82, 2.24) is 0 Å². The average molecular weight is 174 g/mol. The number of hydrogen-bond acceptors (Lipinski definition) is 1. The Kier molecular flexibility index (Phi) is 1.69. The van der Waals surface area contributed by atoms with Crippen LogP contribution in [0.2, 0.25) is 0 Å². The molecular formula is C12H14O. The topological polar surface area (TPSA) is 20.2 Å². The fourth-order valence-corrected chi connectivity index (χ4v) is 1.86. The Morgan fingerprint density at radius 3 is 2.54 bits per heavy atom. The molecule has 1 saturated carbocycles. The monoisotopic (exact) mass is 174 g/mol. The summed E-state index contributed by atoms with van der Waals surface area (Å²) in [4.78, 5) is 0. The maximum Gasteiger partial charge on any atom is 0.0916 e. The Labute approximate surface area is 78.7 Å². The first-order chi connectivity index (χ1) is 6.14. The van der Waals surface area contributed by atoms with E-state index in [2.05, 4.69) is 25.6 Å². The van der Waals surface area contributed by atoms with Crippen molar-refractivity contribution in [2.45, 2.75) is 19.3 Å². The Morgan fingerprint density at radius 1 is 1.46 bits per heavy atom. The molecule has 68 valence electrons. The van der Waals surface area contributed by atoms with Crippen LogP contribution in [0.1, 0.15) is 24.8 Å². The van der Waals surface area contributed by atoms with Crippen LogP contribution in [0.4, 0.5) is 0 Å². The summed E-state index contributed by atoms with van der Waals surface area (Å²) >= 11 is 0. The molecule has 0 saturated heterocycles. The zero-order valence-electron chi connectivity index (χ0n) is 7.83. The molecule has 1 aliphatic rings. The quantitative estimate of drug-likeness (QED) is 0.682. The Bertz CT molecular complexity index is 328. The van der Waals surface area contributed by atoms with Crippen LogP contribution in [0.5, 0.6) is 0 Å². The molecule has 1 aromatic carbocycles. The summed E-state index contributed by atoms with van der Waals surface area (Å²) in [6.45, 7) is 5.68. The van der Waals surface area contributed by atoms with E-state index in [0.29, 0.717) is 11.7 Å². The second kappa shape index (κ2) is 2.63. The molecule has 1 nitrogen and oxygen atoms in total. The molecule has 0 aliphatic heterocycles. The number of hydrogen-bond donors (Lipinski definition) is 1. The van der Waals surface area contributed by atoms with Gasteiger partial charge in [-0.1, -0.05) is 43.8 Å². The third-order valence-electron chi connectivity index (χ3n) is 3.10. The van der Waals surface area contributed by atoms with Gasteiger partial charge >= 0.3 is 0 Å². The summed E-state index contributed by atoms with van der Waals surface area (Å²) in [5.41, 5.74) is 1.24. The highest BCUT2D eigenvalue weighted by atomic mass is 16.3. The second-order valence-electron chi connectivity index (χ2n) is 4.03. The number of rotatable bonds is 2. The smallest absolute Gasteiger partial charge is 0.0916 e. The van der Waals surface area contributed by atoms with E-state index in [0.717, 1.165) is 6.42 Å². The van der Waals surface area contributed by atoms with Gasteiger partial charge in [0.15, 0.2) is 0 Å². The van der Waals surface area contributed by atoms with Crippen LogP contribution in [-0.4, -0.2) is 5.11 Å².